The maximum atomic E-state index is 13.3. The highest BCUT2D eigenvalue weighted by atomic mass is 32.2. The monoisotopic (exact) mass is 440 g/mol. The van der Waals surface area contributed by atoms with Crippen molar-refractivity contribution in [1.82, 2.24) is 10.2 Å². The zero-order valence-corrected chi connectivity index (χ0v) is 20.3. The Morgan fingerprint density at radius 2 is 1.81 bits per heavy atom. The Hall–Kier alpha value is -2.27. The molecule has 31 heavy (non-hydrogen) atoms. The Labute approximate surface area is 191 Å². The third-order valence-electron chi connectivity index (χ3n) is 5.25. The Morgan fingerprint density at radius 3 is 2.45 bits per heavy atom. The average Bonchev–Trinajstić information content (AvgIpc) is 2.73. The van der Waals surface area contributed by atoms with Gasteiger partial charge in [0.2, 0.25) is 11.8 Å². The number of rotatable bonds is 11. The van der Waals surface area contributed by atoms with Gasteiger partial charge < -0.3 is 10.2 Å². The summed E-state index contributed by atoms with van der Waals surface area (Å²) in [5.41, 5.74) is 4.68. The van der Waals surface area contributed by atoms with E-state index in [1.54, 1.807) is 16.7 Å². The first-order chi connectivity index (χ1) is 14.8. The molecule has 2 rings (SSSR count). The van der Waals surface area contributed by atoms with Gasteiger partial charge in [-0.15, -0.1) is 11.8 Å². The predicted molar refractivity (Wildman–Crippen MR) is 131 cm³/mol. The average molecular weight is 441 g/mol. The molecular weight excluding hydrogens is 404 g/mol. The van der Waals surface area contributed by atoms with E-state index in [1.807, 2.05) is 44.2 Å². The smallest absolute Gasteiger partial charge is 0.242 e. The molecule has 0 aliphatic heterocycles. The van der Waals surface area contributed by atoms with Gasteiger partial charge in [-0.25, -0.2) is 0 Å². The fourth-order valence-corrected chi connectivity index (χ4v) is 4.44. The van der Waals surface area contributed by atoms with Gasteiger partial charge in [0.25, 0.3) is 0 Å². The zero-order chi connectivity index (χ0) is 22.8. The van der Waals surface area contributed by atoms with Crippen LogP contribution in [0.2, 0.25) is 0 Å². The number of hydrogen-bond donors (Lipinski definition) is 1. The molecule has 4 nitrogen and oxygen atoms in total. The molecule has 0 saturated heterocycles. The molecule has 0 aliphatic rings. The molecule has 0 saturated carbocycles. The van der Waals surface area contributed by atoms with E-state index in [0.717, 1.165) is 16.9 Å². The molecule has 0 aromatic heterocycles. The quantitative estimate of drug-likeness (QED) is 0.528. The summed E-state index contributed by atoms with van der Waals surface area (Å²) in [5, 5.41) is 3.02. The van der Waals surface area contributed by atoms with Crippen LogP contribution >= 0.6 is 11.8 Å². The van der Waals surface area contributed by atoms with Gasteiger partial charge in [0.05, 0.1) is 5.75 Å². The molecule has 0 spiro atoms. The van der Waals surface area contributed by atoms with E-state index >= 15 is 0 Å². The number of nitrogens with one attached hydrogen (secondary N) is 1. The molecule has 168 valence electrons. The maximum absolute atomic E-state index is 13.3. The van der Waals surface area contributed by atoms with Crippen molar-refractivity contribution in [2.24, 2.45) is 5.92 Å². The predicted octanol–water partition coefficient (Wildman–Crippen LogP) is 5.12. The molecule has 0 bridgehead atoms. The van der Waals surface area contributed by atoms with Crippen LogP contribution in [0.15, 0.2) is 48.5 Å². The number of amides is 2. The van der Waals surface area contributed by atoms with Crippen LogP contribution in [-0.4, -0.2) is 35.1 Å². The molecule has 2 amide bonds. The fourth-order valence-electron chi connectivity index (χ4n) is 3.45. The minimum atomic E-state index is -0.467. The van der Waals surface area contributed by atoms with Crippen molar-refractivity contribution >= 4 is 23.6 Å². The topological polar surface area (TPSA) is 49.4 Å². The van der Waals surface area contributed by atoms with E-state index in [0.29, 0.717) is 31.2 Å². The van der Waals surface area contributed by atoms with Gasteiger partial charge in [0.15, 0.2) is 0 Å². The Kier molecular flexibility index (Phi) is 10.1. The summed E-state index contributed by atoms with van der Waals surface area (Å²) in [7, 11) is 0. The molecule has 0 aliphatic carbocycles. The van der Waals surface area contributed by atoms with Gasteiger partial charge in [0.1, 0.15) is 6.04 Å². The molecular formula is C26H36N2O2S. The molecule has 0 radical (unpaired) electrons. The van der Waals surface area contributed by atoms with Crippen LogP contribution in [0.1, 0.15) is 49.4 Å². The normalized spacial score (nSPS) is 11.9. The summed E-state index contributed by atoms with van der Waals surface area (Å²) >= 11 is 1.61. The minimum absolute atomic E-state index is 0.00615. The van der Waals surface area contributed by atoms with Crippen LogP contribution < -0.4 is 5.32 Å². The van der Waals surface area contributed by atoms with E-state index in [1.165, 1.54) is 11.1 Å². The van der Waals surface area contributed by atoms with Crippen molar-refractivity contribution in [3.8, 4) is 0 Å². The van der Waals surface area contributed by atoms with E-state index in [2.05, 4.69) is 44.3 Å². The van der Waals surface area contributed by atoms with Gasteiger partial charge in [0, 0.05) is 18.8 Å². The third-order valence-corrected chi connectivity index (χ3v) is 6.22. The third kappa shape index (κ3) is 8.06. The van der Waals surface area contributed by atoms with Crippen molar-refractivity contribution in [2.45, 2.75) is 59.4 Å². The van der Waals surface area contributed by atoms with Gasteiger partial charge in [-0.3, -0.25) is 9.59 Å². The van der Waals surface area contributed by atoms with E-state index in [4.69, 9.17) is 0 Å². The number of aryl methyl sites for hydroxylation is 2. The fraction of sp³-hybridized carbons (Fsp3) is 0.462. The van der Waals surface area contributed by atoms with Gasteiger partial charge in [-0.1, -0.05) is 74.9 Å². The molecule has 0 unspecified atom stereocenters. The summed E-state index contributed by atoms with van der Waals surface area (Å²) in [6.07, 6.45) is 0.587. The molecule has 2 aromatic carbocycles. The molecule has 0 fully saturated rings. The largest absolute Gasteiger partial charge is 0.354 e. The minimum Gasteiger partial charge on any atom is -0.354 e. The van der Waals surface area contributed by atoms with E-state index in [-0.39, 0.29) is 11.8 Å². The molecule has 1 N–H and O–H groups in total. The van der Waals surface area contributed by atoms with Crippen molar-refractivity contribution in [3.05, 3.63) is 70.8 Å². The maximum Gasteiger partial charge on any atom is 0.242 e. The second-order valence-electron chi connectivity index (χ2n) is 8.49. The van der Waals surface area contributed by atoms with Gasteiger partial charge in [-0.2, -0.15) is 0 Å². The van der Waals surface area contributed by atoms with Crippen LogP contribution in [0.25, 0.3) is 0 Å². The lowest BCUT2D eigenvalue weighted by Crippen LogP contribution is -2.50. The number of carbonyl (C=O) groups excluding carboxylic acids is 2. The Morgan fingerprint density at radius 1 is 1.06 bits per heavy atom. The lowest BCUT2D eigenvalue weighted by Gasteiger charge is -2.31. The van der Waals surface area contributed by atoms with Crippen molar-refractivity contribution in [2.75, 3.05) is 12.3 Å². The Balaban J connectivity index is 2.13. The highest BCUT2D eigenvalue weighted by Crippen LogP contribution is 2.19. The standard InChI is InChI=1S/C26H36N2O2S/c1-6-24(26(30)27-15-19(2)3)28(16-22-12-9-10-20(4)14-22)25(29)18-31-17-23-13-8-7-11-21(23)5/h7-14,19,24H,6,15-18H2,1-5H3,(H,27,30)/t24-/m0/s1. The number of hydrogen-bond acceptors (Lipinski definition) is 3. The summed E-state index contributed by atoms with van der Waals surface area (Å²) in [4.78, 5) is 27.9. The van der Waals surface area contributed by atoms with Crippen LogP contribution in [0.3, 0.4) is 0 Å². The van der Waals surface area contributed by atoms with Crippen molar-refractivity contribution in [3.63, 3.8) is 0 Å². The number of benzene rings is 2. The molecule has 2 aromatic rings. The zero-order valence-electron chi connectivity index (χ0n) is 19.5. The van der Waals surface area contributed by atoms with E-state index < -0.39 is 6.04 Å². The van der Waals surface area contributed by atoms with Crippen LogP contribution in [0.4, 0.5) is 0 Å². The lowest BCUT2D eigenvalue weighted by molar-refractivity contribution is -0.139. The first kappa shape index (κ1) is 25.0. The summed E-state index contributed by atoms with van der Waals surface area (Å²) in [5.74, 6) is 1.45. The Bertz CT molecular complexity index is 866. The molecule has 1 atom stereocenters. The second kappa shape index (κ2) is 12.6. The van der Waals surface area contributed by atoms with Crippen molar-refractivity contribution in [1.29, 1.82) is 0 Å². The molecule has 5 heteroatoms. The number of carbonyl (C=O) groups is 2. The summed E-state index contributed by atoms with van der Waals surface area (Å²) in [6.45, 7) is 11.3. The van der Waals surface area contributed by atoms with Crippen LogP contribution in [0.5, 0.6) is 0 Å². The molecule has 0 heterocycles. The van der Waals surface area contributed by atoms with Gasteiger partial charge in [-0.05, 0) is 42.9 Å². The highest BCUT2D eigenvalue weighted by Gasteiger charge is 2.28. The summed E-state index contributed by atoms with van der Waals surface area (Å²) in [6, 6.07) is 15.9. The lowest BCUT2D eigenvalue weighted by atomic mass is 10.1. The highest BCUT2D eigenvalue weighted by molar-refractivity contribution is 7.99. The number of nitrogens with zero attached hydrogens (tertiary/aromatic N) is 1. The SMILES string of the molecule is CC[C@@H](C(=O)NCC(C)C)N(Cc1cccc(C)c1)C(=O)CSCc1ccccc1C. The summed E-state index contributed by atoms with van der Waals surface area (Å²) < 4.78 is 0. The van der Waals surface area contributed by atoms with Crippen LogP contribution in [-0.2, 0) is 21.9 Å². The van der Waals surface area contributed by atoms with Gasteiger partial charge >= 0.3 is 0 Å². The van der Waals surface area contributed by atoms with Crippen LogP contribution in [0, 0.1) is 19.8 Å². The number of thioether (sulfide) groups is 1. The van der Waals surface area contributed by atoms with E-state index in [9.17, 15) is 9.59 Å². The first-order valence-electron chi connectivity index (χ1n) is 11.1. The van der Waals surface area contributed by atoms with Crippen molar-refractivity contribution < 1.29 is 9.59 Å². The first-order valence-corrected chi connectivity index (χ1v) is 12.2. The second-order valence-corrected chi connectivity index (χ2v) is 9.48.